The number of ketones is 1. The zero-order chi connectivity index (χ0) is 23.5. The fourth-order valence-corrected chi connectivity index (χ4v) is 4.65. The third-order valence-electron chi connectivity index (χ3n) is 5.52. The lowest BCUT2D eigenvalue weighted by Gasteiger charge is -2.10. The Morgan fingerprint density at radius 3 is 2.33 bits per heavy atom. The van der Waals surface area contributed by atoms with Crippen LogP contribution >= 0.6 is 11.3 Å². The molecule has 4 aromatic rings. The van der Waals surface area contributed by atoms with Gasteiger partial charge in [0.1, 0.15) is 16.4 Å². The van der Waals surface area contributed by atoms with Crippen LogP contribution in [0.4, 0.5) is 0 Å². The molecule has 1 heterocycles. The molecule has 6 heteroatoms. The number of phenolic OH excluding ortho intramolecular Hbond substituents is 1. The molecule has 0 atom stereocenters. The van der Waals surface area contributed by atoms with E-state index in [0.29, 0.717) is 28.4 Å². The number of phenols is 1. The van der Waals surface area contributed by atoms with E-state index in [1.54, 1.807) is 36.4 Å². The van der Waals surface area contributed by atoms with Crippen LogP contribution in [-0.2, 0) is 9.53 Å². The van der Waals surface area contributed by atoms with E-state index in [4.69, 9.17) is 4.74 Å². The highest BCUT2D eigenvalue weighted by atomic mass is 32.1. The van der Waals surface area contributed by atoms with Crippen molar-refractivity contribution in [2.45, 2.75) is 20.8 Å². The van der Waals surface area contributed by atoms with Gasteiger partial charge < -0.3 is 14.6 Å². The van der Waals surface area contributed by atoms with Gasteiger partial charge in [0.2, 0.25) is 5.78 Å². The number of hydrogen-bond donors (Lipinski definition) is 1. The van der Waals surface area contributed by atoms with Crippen molar-refractivity contribution in [1.29, 1.82) is 0 Å². The summed E-state index contributed by atoms with van der Waals surface area (Å²) in [5.41, 5.74) is 4.71. The first-order chi connectivity index (χ1) is 15.9. The highest BCUT2D eigenvalue weighted by Crippen LogP contribution is 2.42. The maximum atomic E-state index is 13.5. The van der Waals surface area contributed by atoms with Crippen molar-refractivity contribution in [3.63, 3.8) is 0 Å². The van der Waals surface area contributed by atoms with Crippen LogP contribution in [0.3, 0.4) is 0 Å². The van der Waals surface area contributed by atoms with Crippen LogP contribution in [0.1, 0.15) is 37.5 Å². The van der Waals surface area contributed by atoms with Crippen molar-refractivity contribution in [2.24, 2.45) is 0 Å². The molecule has 5 nitrogen and oxygen atoms in total. The SMILES string of the molecule is Cc1cc(C(=O)c2sc3cc(O)ccc3c2Oc2ccc(/C=C/OC=O)cc2)cc(C)c1C. The molecule has 0 saturated heterocycles. The molecule has 0 unspecified atom stereocenters. The van der Waals surface area contributed by atoms with Gasteiger partial charge in [-0.2, -0.15) is 0 Å². The Bertz CT molecular complexity index is 1360. The lowest BCUT2D eigenvalue weighted by Crippen LogP contribution is -2.03. The number of fused-ring (bicyclic) bond motifs is 1. The van der Waals surface area contributed by atoms with Gasteiger partial charge >= 0.3 is 0 Å². The molecule has 166 valence electrons. The Hall–Kier alpha value is -3.90. The number of thiophene rings is 1. The third-order valence-corrected chi connectivity index (χ3v) is 6.65. The molecule has 0 fully saturated rings. The summed E-state index contributed by atoms with van der Waals surface area (Å²) in [6.07, 6.45) is 2.95. The Balaban J connectivity index is 1.75. The number of carbonyl (C=O) groups is 2. The minimum atomic E-state index is -0.123. The molecule has 4 rings (SSSR count). The molecule has 0 saturated carbocycles. The molecular weight excluding hydrogens is 436 g/mol. The molecule has 0 spiro atoms. The van der Waals surface area contributed by atoms with Gasteiger partial charge in [-0.25, -0.2) is 0 Å². The maximum absolute atomic E-state index is 13.5. The Kier molecular flexibility index (Phi) is 6.29. The van der Waals surface area contributed by atoms with E-state index in [2.05, 4.69) is 4.74 Å². The molecule has 0 bridgehead atoms. The quantitative estimate of drug-likeness (QED) is 0.190. The topological polar surface area (TPSA) is 72.8 Å². The minimum Gasteiger partial charge on any atom is -0.508 e. The number of ether oxygens (including phenoxy) is 2. The highest BCUT2D eigenvalue weighted by molar-refractivity contribution is 7.21. The van der Waals surface area contributed by atoms with Crippen molar-refractivity contribution in [2.75, 3.05) is 0 Å². The van der Waals surface area contributed by atoms with Crippen LogP contribution in [0.5, 0.6) is 17.2 Å². The fourth-order valence-electron chi connectivity index (χ4n) is 3.53. The van der Waals surface area contributed by atoms with Gasteiger partial charge in [0.05, 0.1) is 6.26 Å². The van der Waals surface area contributed by atoms with E-state index >= 15 is 0 Å². The number of hydrogen-bond acceptors (Lipinski definition) is 6. The number of benzene rings is 3. The molecule has 0 amide bonds. The van der Waals surface area contributed by atoms with Crippen LogP contribution in [0, 0.1) is 20.8 Å². The van der Waals surface area contributed by atoms with E-state index in [9.17, 15) is 14.7 Å². The number of aryl methyl sites for hydroxylation is 2. The summed E-state index contributed by atoms with van der Waals surface area (Å²) < 4.78 is 11.5. The fraction of sp³-hybridized carbons (Fsp3) is 0.111. The summed E-state index contributed by atoms with van der Waals surface area (Å²) in [6, 6.07) is 16.0. The molecule has 33 heavy (non-hydrogen) atoms. The van der Waals surface area contributed by atoms with Crippen LogP contribution in [-0.4, -0.2) is 17.4 Å². The Morgan fingerprint density at radius 2 is 1.67 bits per heavy atom. The molecule has 0 aliphatic carbocycles. The highest BCUT2D eigenvalue weighted by Gasteiger charge is 2.23. The first-order valence-electron chi connectivity index (χ1n) is 10.3. The van der Waals surface area contributed by atoms with Gasteiger partial charge in [0, 0.05) is 15.6 Å². The van der Waals surface area contributed by atoms with Crippen LogP contribution in [0.15, 0.2) is 60.9 Å². The molecule has 0 aliphatic rings. The molecule has 1 aromatic heterocycles. The van der Waals surface area contributed by atoms with E-state index < -0.39 is 0 Å². The summed E-state index contributed by atoms with van der Waals surface area (Å²) in [7, 11) is 0. The van der Waals surface area contributed by atoms with E-state index in [0.717, 1.165) is 32.3 Å². The summed E-state index contributed by atoms with van der Waals surface area (Å²) >= 11 is 1.30. The van der Waals surface area contributed by atoms with E-state index in [1.165, 1.54) is 17.6 Å². The zero-order valence-corrected chi connectivity index (χ0v) is 19.2. The maximum Gasteiger partial charge on any atom is 0.297 e. The van der Waals surface area contributed by atoms with Gasteiger partial charge in [-0.1, -0.05) is 12.1 Å². The van der Waals surface area contributed by atoms with Gasteiger partial charge in [-0.15, -0.1) is 11.3 Å². The average molecular weight is 459 g/mol. The van der Waals surface area contributed by atoms with Crippen LogP contribution < -0.4 is 4.74 Å². The predicted molar refractivity (Wildman–Crippen MR) is 130 cm³/mol. The molecule has 1 N–H and O–H groups in total. The zero-order valence-electron chi connectivity index (χ0n) is 18.4. The van der Waals surface area contributed by atoms with E-state index in [-0.39, 0.29) is 11.5 Å². The predicted octanol–water partition coefficient (Wildman–Crippen LogP) is 6.70. The Labute approximate surface area is 195 Å². The molecular formula is C27H22O5S. The lowest BCUT2D eigenvalue weighted by molar-refractivity contribution is -0.123. The monoisotopic (exact) mass is 458 g/mol. The van der Waals surface area contributed by atoms with Crippen LogP contribution in [0.25, 0.3) is 16.2 Å². The van der Waals surface area contributed by atoms with Crippen molar-refractivity contribution in [3.05, 3.63) is 93.6 Å². The first-order valence-corrected chi connectivity index (χ1v) is 11.1. The Morgan fingerprint density at radius 1 is 0.970 bits per heavy atom. The van der Waals surface area contributed by atoms with Crippen molar-refractivity contribution in [1.82, 2.24) is 0 Å². The first kappa shape index (κ1) is 22.3. The lowest BCUT2D eigenvalue weighted by atomic mass is 9.98. The second kappa shape index (κ2) is 9.30. The standard InChI is InChI=1S/C27H22O5S/c1-16-12-20(13-17(2)18(16)3)25(30)27-26(23-9-6-21(29)14-24(23)33-27)32-22-7-4-19(5-8-22)10-11-31-15-28/h4-15,29H,1-3H3/b11-10+. The second-order valence-corrected chi connectivity index (χ2v) is 8.76. The van der Waals surface area contributed by atoms with Gasteiger partial charge in [0.15, 0.2) is 5.75 Å². The summed E-state index contributed by atoms with van der Waals surface area (Å²) in [5, 5.41) is 10.7. The molecule has 0 radical (unpaired) electrons. The third kappa shape index (κ3) is 4.66. The van der Waals surface area contributed by atoms with Gasteiger partial charge in [0.25, 0.3) is 6.47 Å². The summed E-state index contributed by atoms with van der Waals surface area (Å²) in [4.78, 5) is 24.3. The second-order valence-electron chi connectivity index (χ2n) is 7.71. The average Bonchev–Trinajstić information content (AvgIpc) is 3.15. The number of aromatic hydroxyl groups is 1. The minimum absolute atomic E-state index is 0.123. The normalized spacial score (nSPS) is 11.1. The van der Waals surface area contributed by atoms with Crippen LogP contribution in [0.2, 0.25) is 0 Å². The molecule has 3 aromatic carbocycles. The van der Waals surface area contributed by atoms with Gasteiger partial charge in [-0.3, -0.25) is 9.59 Å². The van der Waals surface area contributed by atoms with E-state index in [1.807, 2.05) is 45.0 Å². The number of carbonyl (C=O) groups excluding carboxylic acids is 2. The molecule has 0 aliphatic heterocycles. The van der Waals surface area contributed by atoms with Crippen molar-refractivity contribution < 1.29 is 24.2 Å². The van der Waals surface area contributed by atoms with Gasteiger partial charge in [-0.05, 0) is 91.6 Å². The largest absolute Gasteiger partial charge is 0.508 e. The summed E-state index contributed by atoms with van der Waals surface area (Å²) in [6.45, 7) is 6.38. The van der Waals surface area contributed by atoms with Crippen molar-refractivity contribution in [3.8, 4) is 17.2 Å². The van der Waals surface area contributed by atoms with Crippen molar-refractivity contribution >= 4 is 39.8 Å². The smallest absolute Gasteiger partial charge is 0.297 e. The number of rotatable bonds is 7. The summed E-state index contributed by atoms with van der Waals surface area (Å²) in [5.74, 6) is 1.03.